The molecule has 27 heavy (non-hydrogen) atoms. The molecule has 0 spiro atoms. The molecule has 4 N–H and O–H groups in total. The number of hydrogen-bond acceptors (Lipinski definition) is 3. The molecule has 7 nitrogen and oxygen atoms in total. The minimum atomic E-state index is 0.284. The SMILES string of the molecule is Cn1nc(/C=N/NC(N)=NCCc2c[nH]c3ccccc23)c2ccccc21. The number of H-pyrrole nitrogens is 1. The molecule has 0 aliphatic heterocycles. The van der Waals surface area contributed by atoms with Gasteiger partial charge in [0, 0.05) is 36.1 Å². The number of guanidine groups is 1. The first-order valence-corrected chi connectivity index (χ1v) is 8.78. The Morgan fingerprint density at radius 2 is 1.96 bits per heavy atom. The number of nitrogens with zero attached hydrogens (tertiary/aromatic N) is 4. The largest absolute Gasteiger partial charge is 0.369 e. The summed E-state index contributed by atoms with van der Waals surface area (Å²) in [5.41, 5.74) is 12.9. The van der Waals surface area contributed by atoms with Crippen molar-refractivity contribution in [2.45, 2.75) is 6.42 Å². The molecule has 4 rings (SSSR count). The van der Waals surface area contributed by atoms with Crippen molar-refractivity contribution in [1.82, 2.24) is 20.2 Å². The van der Waals surface area contributed by atoms with Crippen molar-refractivity contribution < 1.29 is 0 Å². The molecule has 7 heteroatoms. The number of nitrogens with one attached hydrogen (secondary N) is 2. The van der Waals surface area contributed by atoms with Gasteiger partial charge in [0.2, 0.25) is 5.96 Å². The molecule has 0 unspecified atom stereocenters. The lowest BCUT2D eigenvalue weighted by atomic mass is 10.1. The molecule has 0 fully saturated rings. The number of para-hydroxylation sites is 2. The summed E-state index contributed by atoms with van der Waals surface area (Å²) < 4.78 is 1.83. The second kappa shape index (κ2) is 7.33. The van der Waals surface area contributed by atoms with Gasteiger partial charge < -0.3 is 10.7 Å². The topological polar surface area (TPSA) is 96.4 Å². The molecule has 0 aliphatic rings. The number of aliphatic imine (C=N–C) groups is 1. The van der Waals surface area contributed by atoms with Gasteiger partial charge in [-0.25, -0.2) is 5.43 Å². The summed E-state index contributed by atoms with van der Waals surface area (Å²) in [6.07, 6.45) is 4.49. The summed E-state index contributed by atoms with van der Waals surface area (Å²) in [5, 5.41) is 10.9. The maximum atomic E-state index is 5.90. The van der Waals surface area contributed by atoms with Gasteiger partial charge in [-0.3, -0.25) is 9.67 Å². The van der Waals surface area contributed by atoms with Crippen LogP contribution in [-0.4, -0.2) is 33.5 Å². The monoisotopic (exact) mass is 359 g/mol. The lowest BCUT2D eigenvalue weighted by Crippen LogP contribution is -2.27. The van der Waals surface area contributed by atoms with Crippen LogP contribution >= 0.6 is 0 Å². The number of aromatic nitrogens is 3. The van der Waals surface area contributed by atoms with Crippen molar-refractivity contribution in [1.29, 1.82) is 0 Å². The number of nitrogens with two attached hydrogens (primary N) is 1. The van der Waals surface area contributed by atoms with Crippen molar-refractivity contribution in [2.24, 2.45) is 22.9 Å². The molecule has 0 amide bonds. The molecule has 4 aromatic rings. The van der Waals surface area contributed by atoms with E-state index in [-0.39, 0.29) is 5.96 Å². The van der Waals surface area contributed by atoms with E-state index in [1.807, 2.05) is 54.3 Å². The first kappa shape index (κ1) is 16.8. The van der Waals surface area contributed by atoms with Crippen LogP contribution < -0.4 is 11.2 Å². The third-order valence-electron chi connectivity index (χ3n) is 4.49. The predicted molar refractivity (Wildman–Crippen MR) is 110 cm³/mol. The average molecular weight is 359 g/mol. The highest BCUT2D eigenvalue weighted by atomic mass is 15.4. The van der Waals surface area contributed by atoms with E-state index in [2.05, 4.69) is 37.7 Å². The molecule has 0 aliphatic carbocycles. The van der Waals surface area contributed by atoms with E-state index in [0.29, 0.717) is 6.54 Å². The van der Waals surface area contributed by atoms with E-state index < -0.39 is 0 Å². The van der Waals surface area contributed by atoms with E-state index >= 15 is 0 Å². The van der Waals surface area contributed by atoms with Crippen molar-refractivity contribution in [3.8, 4) is 0 Å². The Hall–Kier alpha value is -3.61. The lowest BCUT2D eigenvalue weighted by Gasteiger charge is -1.99. The van der Waals surface area contributed by atoms with E-state index in [4.69, 9.17) is 5.73 Å². The van der Waals surface area contributed by atoms with Gasteiger partial charge in [-0.1, -0.05) is 36.4 Å². The number of benzene rings is 2. The standard InChI is InChI=1S/C20H21N7/c1-27-19-9-5-3-7-16(19)18(26-27)13-24-25-20(21)22-11-10-14-12-23-17-8-4-2-6-15(14)17/h2-9,12-13,23H,10-11H2,1H3,(H3,21,22,25)/b24-13+. The van der Waals surface area contributed by atoms with Gasteiger partial charge in [-0.05, 0) is 24.1 Å². The van der Waals surface area contributed by atoms with Gasteiger partial charge in [0.25, 0.3) is 0 Å². The Morgan fingerprint density at radius 1 is 1.19 bits per heavy atom. The molecular weight excluding hydrogens is 338 g/mol. The maximum absolute atomic E-state index is 5.90. The fourth-order valence-corrected chi connectivity index (χ4v) is 3.17. The van der Waals surface area contributed by atoms with Crippen LogP contribution in [-0.2, 0) is 13.5 Å². The zero-order chi connectivity index (χ0) is 18.6. The summed E-state index contributed by atoms with van der Waals surface area (Å²) in [6.45, 7) is 0.586. The fourth-order valence-electron chi connectivity index (χ4n) is 3.17. The number of hydrazone groups is 1. The van der Waals surface area contributed by atoms with Gasteiger partial charge in [0.05, 0.1) is 11.7 Å². The third kappa shape index (κ3) is 3.52. The van der Waals surface area contributed by atoms with Crippen LogP contribution in [0, 0.1) is 0 Å². The van der Waals surface area contributed by atoms with E-state index in [0.717, 1.165) is 28.5 Å². The summed E-state index contributed by atoms with van der Waals surface area (Å²) >= 11 is 0. The van der Waals surface area contributed by atoms with Crippen LogP contribution in [0.2, 0.25) is 0 Å². The van der Waals surface area contributed by atoms with Crippen LogP contribution in [0.15, 0.2) is 64.8 Å². The highest BCUT2D eigenvalue weighted by Crippen LogP contribution is 2.18. The van der Waals surface area contributed by atoms with Crippen LogP contribution in [0.5, 0.6) is 0 Å². The zero-order valence-corrected chi connectivity index (χ0v) is 15.1. The van der Waals surface area contributed by atoms with Crippen molar-refractivity contribution in [2.75, 3.05) is 6.54 Å². The normalized spacial score (nSPS) is 12.4. The minimum absolute atomic E-state index is 0.284. The minimum Gasteiger partial charge on any atom is -0.369 e. The molecule has 2 aromatic heterocycles. The highest BCUT2D eigenvalue weighted by Gasteiger charge is 2.05. The van der Waals surface area contributed by atoms with Crippen molar-refractivity contribution >= 4 is 34.0 Å². The van der Waals surface area contributed by atoms with Gasteiger partial charge in [-0.2, -0.15) is 10.2 Å². The van der Waals surface area contributed by atoms with Crippen molar-refractivity contribution in [3.05, 3.63) is 66.0 Å². The molecule has 0 radical (unpaired) electrons. The molecule has 0 saturated carbocycles. The number of rotatable bonds is 5. The first-order chi connectivity index (χ1) is 13.2. The zero-order valence-electron chi connectivity index (χ0n) is 15.1. The predicted octanol–water partition coefficient (Wildman–Crippen LogP) is 2.54. The summed E-state index contributed by atoms with van der Waals surface area (Å²) in [7, 11) is 1.91. The second-order valence-corrected chi connectivity index (χ2v) is 6.27. The van der Waals surface area contributed by atoms with Gasteiger partial charge in [0.1, 0.15) is 5.69 Å². The summed E-state index contributed by atoms with van der Waals surface area (Å²) in [5.74, 6) is 0.284. The van der Waals surface area contributed by atoms with Crippen LogP contribution in [0.1, 0.15) is 11.3 Å². The number of fused-ring (bicyclic) bond motifs is 2. The Morgan fingerprint density at radius 3 is 2.85 bits per heavy atom. The summed E-state index contributed by atoms with van der Waals surface area (Å²) in [6, 6.07) is 16.2. The number of hydrogen-bond donors (Lipinski definition) is 3. The Labute approximate surface area is 156 Å². The van der Waals surface area contributed by atoms with Gasteiger partial charge in [0.15, 0.2) is 0 Å². The Kier molecular flexibility index (Phi) is 4.57. The smallest absolute Gasteiger partial charge is 0.209 e. The van der Waals surface area contributed by atoms with E-state index in [9.17, 15) is 0 Å². The fraction of sp³-hybridized carbons (Fsp3) is 0.150. The second-order valence-electron chi connectivity index (χ2n) is 6.27. The van der Waals surface area contributed by atoms with Crippen molar-refractivity contribution in [3.63, 3.8) is 0 Å². The Bertz CT molecular complexity index is 1130. The molecule has 0 saturated heterocycles. The van der Waals surface area contributed by atoms with Gasteiger partial charge in [-0.15, -0.1) is 0 Å². The first-order valence-electron chi connectivity index (χ1n) is 8.78. The molecule has 136 valence electrons. The number of aryl methyl sites for hydroxylation is 1. The third-order valence-corrected chi connectivity index (χ3v) is 4.49. The van der Waals surface area contributed by atoms with E-state index in [1.54, 1.807) is 6.21 Å². The average Bonchev–Trinajstić information content (AvgIpc) is 3.24. The maximum Gasteiger partial charge on any atom is 0.209 e. The summed E-state index contributed by atoms with van der Waals surface area (Å²) in [4.78, 5) is 7.60. The molecule has 0 atom stereocenters. The number of aromatic amines is 1. The molecule has 0 bridgehead atoms. The lowest BCUT2D eigenvalue weighted by molar-refractivity contribution is 0.793. The van der Waals surface area contributed by atoms with Gasteiger partial charge >= 0.3 is 0 Å². The molecule has 2 heterocycles. The quantitative estimate of drug-likeness (QED) is 0.290. The highest BCUT2D eigenvalue weighted by molar-refractivity contribution is 5.97. The molecule has 2 aromatic carbocycles. The molecular formula is C20H21N7. The van der Waals surface area contributed by atoms with Crippen LogP contribution in [0.4, 0.5) is 0 Å². The Balaban J connectivity index is 1.37. The van der Waals surface area contributed by atoms with Crippen LogP contribution in [0.3, 0.4) is 0 Å². The van der Waals surface area contributed by atoms with Crippen LogP contribution in [0.25, 0.3) is 21.8 Å². The van der Waals surface area contributed by atoms with E-state index in [1.165, 1.54) is 10.9 Å².